The topological polar surface area (TPSA) is 163 Å². The first-order valence-electron chi connectivity index (χ1n) is 10.5. The highest BCUT2D eigenvalue weighted by atomic mass is 35.5. The summed E-state index contributed by atoms with van der Waals surface area (Å²) >= 11 is 5.79. The second-order valence-electron chi connectivity index (χ2n) is 7.76. The Labute approximate surface area is 213 Å². The first-order valence-corrected chi connectivity index (χ1v) is 12.4. The molecule has 0 spiro atoms. The molecule has 5 rings (SSSR count). The summed E-state index contributed by atoms with van der Waals surface area (Å²) in [6.45, 7) is 0. The van der Waals surface area contributed by atoms with Crippen LogP contribution in [0.25, 0.3) is 16.7 Å². The van der Waals surface area contributed by atoms with Crippen LogP contribution in [-0.4, -0.2) is 43.9 Å². The molecule has 4 N–H and O–H groups in total. The number of aromatic nitrogens is 6. The number of nitrogen functional groups attached to an aromatic ring is 1. The third kappa shape index (κ3) is 4.79. The van der Waals surface area contributed by atoms with Gasteiger partial charge in [0.05, 0.1) is 16.2 Å². The van der Waals surface area contributed by atoms with Crippen molar-refractivity contribution in [3.8, 4) is 5.82 Å². The number of fused-ring (bicyclic) bond motifs is 1. The van der Waals surface area contributed by atoms with Gasteiger partial charge in [-0.25, -0.2) is 14.1 Å². The maximum Gasteiger partial charge on any atom is 0.281 e. The minimum atomic E-state index is -4.06. The van der Waals surface area contributed by atoms with Crippen molar-refractivity contribution in [1.29, 1.82) is 0 Å². The van der Waals surface area contributed by atoms with Crippen LogP contribution in [0.3, 0.4) is 0 Å². The Balaban J connectivity index is 1.39. The lowest BCUT2D eigenvalue weighted by Gasteiger charge is -2.07. The van der Waals surface area contributed by atoms with Crippen LogP contribution < -0.4 is 15.8 Å². The molecule has 188 valence electrons. The number of carbonyl (C=O) groups is 1. The number of hydrogen-bond donors (Lipinski definition) is 3. The van der Waals surface area contributed by atoms with Gasteiger partial charge in [0, 0.05) is 36.6 Å². The zero-order valence-corrected chi connectivity index (χ0v) is 20.5. The Bertz CT molecular complexity index is 1790. The third-order valence-corrected chi connectivity index (χ3v) is 6.78. The second-order valence-corrected chi connectivity index (χ2v) is 9.80. The summed E-state index contributed by atoms with van der Waals surface area (Å²) < 4.78 is 44.3. The normalized spacial score (nSPS) is 11.5. The molecule has 0 aliphatic carbocycles. The van der Waals surface area contributed by atoms with Crippen LogP contribution in [0, 0.1) is 5.82 Å². The van der Waals surface area contributed by atoms with E-state index in [1.54, 1.807) is 13.1 Å². The van der Waals surface area contributed by atoms with E-state index >= 15 is 0 Å². The first-order chi connectivity index (χ1) is 17.6. The molecular weight excluding hydrogens is 525 g/mol. The molecule has 0 bridgehead atoms. The lowest BCUT2D eigenvalue weighted by Crippen LogP contribution is -2.16. The predicted octanol–water partition coefficient (Wildman–Crippen LogP) is 2.98. The summed E-state index contributed by atoms with van der Waals surface area (Å²) in [5, 5.41) is 11.1. The van der Waals surface area contributed by atoms with Crippen molar-refractivity contribution in [2.24, 2.45) is 7.05 Å². The molecule has 0 saturated carbocycles. The fourth-order valence-electron chi connectivity index (χ4n) is 3.57. The molecule has 15 heteroatoms. The molecule has 12 nitrogen and oxygen atoms in total. The molecule has 0 unspecified atom stereocenters. The van der Waals surface area contributed by atoms with Gasteiger partial charge < -0.3 is 11.1 Å². The zero-order chi connectivity index (χ0) is 26.3. The summed E-state index contributed by atoms with van der Waals surface area (Å²) in [4.78, 5) is 20.7. The quantitative estimate of drug-likeness (QED) is 0.295. The van der Waals surface area contributed by atoms with Gasteiger partial charge in [-0.15, -0.1) is 0 Å². The van der Waals surface area contributed by atoms with E-state index in [2.05, 4.69) is 30.2 Å². The Morgan fingerprint density at radius 3 is 2.62 bits per heavy atom. The lowest BCUT2D eigenvalue weighted by molar-refractivity contribution is 0.101. The van der Waals surface area contributed by atoms with Crippen molar-refractivity contribution in [2.45, 2.75) is 5.03 Å². The summed E-state index contributed by atoms with van der Waals surface area (Å²) in [5.74, 6) is -0.783. The van der Waals surface area contributed by atoms with Gasteiger partial charge in [-0.3, -0.25) is 14.2 Å². The monoisotopic (exact) mass is 541 g/mol. The SMILES string of the molecule is Cn1nc2cc(NS(=O)(=O)c3ccn(-c4ccnc(N)n4)n3)ccc2c1C(=O)Nc1ccc(F)c(Cl)c1. The van der Waals surface area contributed by atoms with Gasteiger partial charge in [0.25, 0.3) is 15.9 Å². The van der Waals surface area contributed by atoms with Crippen LogP contribution in [0.4, 0.5) is 21.7 Å². The van der Waals surface area contributed by atoms with Crippen LogP contribution in [0.15, 0.2) is 66.0 Å². The molecule has 0 radical (unpaired) electrons. The standard InChI is InChI=1S/C22H17ClFN9O3S/c1-32-20(21(34)27-12-3-5-16(24)15(23)10-12)14-4-2-13(11-17(14)29-32)31-37(35,36)19-7-9-33(30-19)18-6-8-26-22(25)28-18/h2-11,31H,1H3,(H,27,34)(H2,25,26,28). The Hall–Kier alpha value is -4.56. The van der Waals surface area contributed by atoms with E-state index in [9.17, 15) is 17.6 Å². The number of anilines is 3. The molecule has 37 heavy (non-hydrogen) atoms. The van der Waals surface area contributed by atoms with Crippen LogP contribution in [0.5, 0.6) is 0 Å². The average Bonchev–Trinajstić information content (AvgIpc) is 3.46. The molecule has 0 atom stereocenters. The highest BCUT2D eigenvalue weighted by Crippen LogP contribution is 2.25. The number of carbonyl (C=O) groups excluding carboxylic acids is 1. The van der Waals surface area contributed by atoms with Crippen LogP contribution in [0.2, 0.25) is 5.02 Å². The number of amides is 1. The average molecular weight is 542 g/mol. The number of hydrogen-bond acceptors (Lipinski definition) is 8. The van der Waals surface area contributed by atoms with Gasteiger partial charge in [-0.2, -0.15) is 23.6 Å². The molecule has 5 aromatic rings. The zero-order valence-electron chi connectivity index (χ0n) is 18.9. The third-order valence-electron chi connectivity index (χ3n) is 5.21. The van der Waals surface area contributed by atoms with Crippen molar-refractivity contribution < 1.29 is 17.6 Å². The lowest BCUT2D eigenvalue weighted by atomic mass is 10.2. The number of nitrogens with one attached hydrogen (secondary N) is 2. The second kappa shape index (κ2) is 9.15. The molecule has 3 aromatic heterocycles. The van der Waals surface area contributed by atoms with E-state index in [4.69, 9.17) is 17.3 Å². The smallest absolute Gasteiger partial charge is 0.281 e. The molecule has 3 heterocycles. The van der Waals surface area contributed by atoms with E-state index in [0.29, 0.717) is 22.4 Å². The van der Waals surface area contributed by atoms with E-state index in [-0.39, 0.29) is 27.4 Å². The molecule has 2 aromatic carbocycles. The van der Waals surface area contributed by atoms with Gasteiger partial charge >= 0.3 is 0 Å². The highest BCUT2D eigenvalue weighted by Gasteiger charge is 2.21. The van der Waals surface area contributed by atoms with E-state index in [0.717, 1.165) is 6.07 Å². The summed E-state index contributed by atoms with van der Waals surface area (Å²) in [6.07, 6.45) is 2.86. The molecule has 0 saturated heterocycles. The number of benzene rings is 2. The van der Waals surface area contributed by atoms with E-state index < -0.39 is 21.7 Å². The molecule has 1 amide bonds. The van der Waals surface area contributed by atoms with E-state index in [1.807, 2.05) is 0 Å². The van der Waals surface area contributed by atoms with Crippen LogP contribution >= 0.6 is 11.6 Å². The number of aryl methyl sites for hydroxylation is 1. The highest BCUT2D eigenvalue weighted by molar-refractivity contribution is 7.92. The van der Waals surface area contributed by atoms with Gasteiger partial charge in [-0.05, 0) is 42.5 Å². The van der Waals surface area contributed by atoms with Gasteiger partial charge in [0.15, 0.2) is 10.8 Å². The van der Waals surface area contributed by atoms with Crippen molar-refractivity contribution in [3.05, 3.63) is 77.5 Å². The Kier molecular flexibility index (Phi) is 5.97. The van der Waals surface area contributed by atoms with Gasteiger partial charge in [-0.1, -0.05) is 11.6 Å². The molecule has 0 fully saturated rings. The Morgan fingerprint density at radius 2 is 1.86 bits per heavy atom. The van der Waals surface area contributed by atoms with Crippen molar-refractivity contribution in [2.75, 3.05) is 15.8 Å². The van der Waals surface area contributed by atoms with Gasteiger partial charge in [0.2, 0.25) is 5.95 Å². The predicted molar refractivity (Wildman–Crippen MR) is 134 cm³/mol. The van der Waals surface area contributed by atoms with Crippen molar-refractivity contribution in [1.82, 2.24) is 29.5 Å². The number of halogens is 2. The maximum atomic E-state index is 13.4. The number of sulfonamides is 1. The summed E-state index contributed by atoms with van der Waals surface area (Å²) in [7, 11) is -2.49. The molecule has 0 aliphatic rings. The van der Waals surface area contributed by atoms with E-state index in [1.165, 1.54) is 58.2 Å². The maximum absolute atomic E-state index is 13.4. The van der Waals surface area contributed by atoms with Crippen LogP contribution in [0.1, 0.15) is 10.5 Å². The summed E-state index contributed by atoms with van der Waals surface area (Å²) in [5.41, 5.74) is 6.67. The number of nitrogens with two attached hydrogens (primary N) is 1. The van der Waals surface area contributed by atoms with Crippen LogP contribution in [-0.2, 0) is 17.1 Å². The molecular formula is C22H17ClFN9O3S. The first kappa shape index (κ1) is 24.1. The fraction of sp³-hybridized carbons (Fsp3) is 0.0455. The largest absolute Gasteiger partial charge is 0.368 e. The summed E-state index contributed by atoms with van der Waals surface area (Å²) in [6, 6.07) is 11.2. The number of nitrogens with zero attached hydrogens (tertiary/aromatic N) is 6. The van der Waals surface area contributed by atoms with Crippen molar-refractivity contribution in [3.63, 3.8) is 0 Å². The van der Waals surface area contributed by atoms with Crippen molar-refractivity contribution >= 4 is 55.8 Å². The minimum Gasteiger partial charge on any atom is -0.368 e. The Morgan fingerprint density at radius 1 is 1.08 bits per heavy atom. The fourth-order valence-corrected chi connectivity index (χ4v) is 4.73. The van der Waals surface area contributed by atoms with Gasteiger partial charge in [0.1, 0.15) is 11.5 Å². The minimum absolute atomic E-state index is 0.0220. The molecule has 0 aliphatic heterocycles. The number of rotatable bonds is 6.